The number of nitrogens with one attached hydrogen (secondary N) is 2. The summed E-state index contributed by atoms with van der Waals surface area (Å²) in [5.41, 5.74) is 1.68. The van der Waals surface area contributed by atoms with Gasteiger partial charge in [0.2, 0.25) is 10.0 Å². The lowest BCUT2D eigenvalue weighted by atomic mass is 10.00. The first-order valence-electron chi connectivity index (χ1n) is 7.69. The Labute approximate surface area is 136 Å². The molecule has 2 amide bonds. The topological polar surface area (TPSA) is 87.7 Å². The van der Waals surface area contributed by atoms with Gasteiger partial charge in [-0.1, -0.05) is 12.1 Å². The molecule has 1 unspecified atom stereocenters. The summed E-state index contributed by atoms with van der Waals surface area (Å²) >= 11 is 0. The zero-order valence-electron chi connectivity index (χ0n) is 13.0. The molecule has 1 atom stereocenters. The molecule has 0 aromatic heterocycles. The molecule has 0 aliphatic carbocycles. The van der Waals surface area contributed by atoms with Gasteiger partial charge in [-0.15, -0.1) is 0 Å². The molecule has 7 nitrogen and oxygen atoms in total. The van der Waals surface area contributed by atoms with Crippen LogP contribution in [0.1, 0.15) is 17.5 Å². The molecule has 2 aliphatic rings. The van der Waals surface area contributed by atoms with E-state index in [1.807, 2.05) is 6.07 Å². The summed E-state index contributed by atoms with van der Waals surface area (Å²) in [5, 5.41) is 2.97. The van der Waals surface area contributed by atoms with Crippen LogP contribution in [0, 0.1) is 0 Å². The minimum atomic E-state index is -3.48. The van der Waals surface area contributed by atoms with Crippen LogP contribution in [0.25, 0.3) is 0 Å². The van der Waals surface area contributed by atoms with Gasteiger partial charge < -0.3 is 15.0 Å². The van der Waals surface area contributed by atoms with Crippen LogP contribution in [0.5, 0.6) is 0 Å². The van der Waals surface area contributed by atoms with Crippen molar-refractivity contribution >= 4 is 16.1 Å². The van der Waals surface area contributed by atoms with Crippen LogP contribution in [0.4, 0.5) is 4.79 Å². The SMILES string of the molecule is CNS(=O)(=O)c1cccc2c1CCN(C(=O)NC1CCOC1)C2. The van der Waals surface area contributed by atoms with Gasteiger partial charge in [0, 0.05) is 19.7 Å². The molecule has 1 saturated heterocycles. The highest BCUT2D eigenvalue weighted by molar-refractivity contribution is 7.89. The van der Waals surface area contributed by atoms with Crippen LogP contribution in [0.15, 0.2) is 23.1 Å². The van der Waals surface area contributed by atoms with E-state index < -0.39 is 10.0 Å². The number of rotatable bonds is 3. The van der Waals surface area contributed by atoms with Crippen molar-refractivity contribution < 1.29 is 17.9 Å². The molecule has 1 fully saturated rings. The summed E-state index contributed by atoms with van der Waals surface area (Å²) in [6, 6.07) is 5.15. The molecule has 1 aromatic carbocycles. The van der Waals surface area contributed by atoms with Crippen LogP contribution >= 0.6 is 0 Å². The van der Waals surface area contributed by atoms with Gasteiger partial charge in [0.1, 0.15) is 0 Å². The van der Waals surface area contributed by atoms with Gasteiger partial charge in [0.15, 0.2) is 0 Å². The molecule has 8 heteroatoms. The van der Waals surface area contributed by atoms with E-state index in [0.717, 1.165) is 17.5 Å². The Morgan fingerprint density at radius 3 is 2.91 bits per heavy atom. The summed E-state index contributed by atoms with van der Waals surface area (Å²) in [5.74, 6) is 0. The van der Waals surface area contributed by atoms with Crippen molar-refractivity contribution in [1.29, 1.82) is 0 Å². The number of carbonyl (C=O) groups excluding carboxylic acids is 1. The summed E-state index contributed by atoms with van der Waals surface area (Å²) in [4.78, 5) is 14.4. The molecular weight excluding hydrogens is 318 g/mol. The van der Waals surface area contributed by atoms with Gasteiger partial charge in [-0.25, -0.2) is 17.9 Å². The van der Waals surface area contributed by atoms with E-state index in [1.54, 1.807) is 17.0 Å². The fraction of sp³-hybridized carbons (Fsp3) is 0.533. The van der Waals surface area contributed by atoms with E-state index in [9.17, 15) is 13.2 Å². The third-order valence-electron chi connectivity index (χ3n) is 4.33. The number of ether oxygens (including phenoxy) is 1. The molecule has 0 radical (unpaired) electrons. The van der Waals surface area contributed by atoms with Crippen LogP contribution in [-0.2, 0) is 27.7 Å². The number of nitrogens with zero attached hydrogens (tertiary/aromatic N) is 1. The predicted molar refractivity (Wildman–Crippen MR) is 84.6 cm³/mol. The summed E-state index contributed by atoms with van der Waals surface area (Å²) in [6.07, 6.45) is 1.36. The van der Waals surface area contributed by atoms with E-state index in [2.05, 4.69) is 10.0 Å². The molecule has 3 rings (SSSR count). The predicted octanol–water partition coefficient (Wildman–Crippen LogP) is 0.451. The molecule has 2 heterocycles. The lowest BCUT2D eigenvalue weighted by Crippen LogP contribution is -2.47. The van der Waals surface area contributed by atoms with Crippen LogP contribution in [-0.4, -0.2) is 52.2 Å². The van der Waals surface area contributed by atoms with Crippen LogP contribution in [0.3, 0.4) is 0 Å². The molecule has 23 heavy (non-hydrogen) atoms. The monoisotopic (exact) mass is 339 g/mol. The Kier molecular flexibility index (Phi) is 4.56. The van der Waals surface area contributed by atoms with Gasteiger partial charge in [-0.05, 0) is 37.1 Å². The third-order valence-corrected chi connectivity index (χ3v) is 5.82. The highest BCUT2D eigenvalue weighted by Gasteiger charge is 2.27. The quantitative estimate of drug-likeness (QED) is 0.837. The van der Waals surface area contributed by atoms with Crippen molar-refractivity contribution in [3.05, 3.63) is 29.3 Å². The van der Waals surface area contributed by atoms with Gasteiger partial charge in [-0.3, -0.25) is 0 Å². The first-order valence-corrected chi connectivity index (χ1v) is 9.17. The minimum absolute atomic E-state index is 0.0694. The second kappa shape index (κ2) is 6.46. The number of urea groups is 1. The maximum atomic E-state index is 12.3. The van der Waals surface area contributed by atoms with Gasteiger partial charge in [0.05, 0.1) is 17.5 Å². The Hall–Kier alpha value is -1.64. The molecule has 126 valence electrons. The maximum absolute atomic E-state index is 12.3. The van der Waals surface area contributed by atoms with Crippen molar-refractivity contribution in [2.75, 3.05) is 26.8 Å². The summed E-state index contributed by atoms with van der Waals surface area (Å²) in [7, 11) is -2.08. The minimum Gasteiger partial charge on any atom is -0.379 e. The lowest BCUT2D eigenvalue weighted by molar-refractivity contribution is 0.175. The average molecular weight is 339 g/mol. The summed E-state index contributed by atoms with van der Waals surface area (Å²) < 4.78 is 31.8. The molecule has 0 bridgehead atoms. The van der Waals surface area contributed by atoms with Crippen molar-refractivity contribution in [3.8, 4) is 0 Å². The Morgan fingerprint density at radius 2 is 2.22 bits per heavy atom. The number of hydrogen-bond acceptors (Lipinski definition) is 4. The van der Waals surface area contributed by atoms with Crippen molar-refractivity contribution in [2.45, 2.75) is 30.3 Å². The number of hydrogen-bond donors (Lipinski definition) is 2. The summed E-state index contributed by atoms with van der Waals surface area (Å²) in [6.45, 7) is 2.16. The second-order valence-corrected chi connectivity index (χ2v) is 7.64. The van der Waals surface area contributed by atoms with Gasteiger partial charge in [0.25, 0.3) is 0 Å². The molecule has 1 aromatic rings. The number of benzene rings is 1. The number of sulfonamides is 1. The zero-order chi connectivity index (χ0) is 16.4. The van der Waals surface area contributed by atoms with Gasteiger partial charge >= 0.3 is 6.03 Å². The van der Waals surface area contributed by atoms with E-state index in [-0.39, 0.29) is 12.1 Å². The van der Waals surface area contributed by atoms with Crippen molar-refractivity contribution in [2.24, 2.45) is 0 Å². The first-order chi connectivity index (χ1) is 11.0. The number of amides is 2. The third kappa shape index (κ3) is 3.34. The van der Waals surface area contributed by atoms with Crippen LogP contribution in [0.2, 0.25) is 0 Å². The standard InChI is InChI=1S/C15H21N3O4S/c1-16-23(20,21)14-4-2-3-11-9-18(7-5-13(11)14)15(19)17-12-6-8-22-10-12/h2-4,12,16H,5-10H2,1H3,(H,17,19). The Bertz CT molecular complexity index is 699. The van der Waals surface area contributed by atoms with E-state index in [0.29, 0.717) is 37.6 Å². The normalized spacial score (nSPS) is 21.1. The van der Waals surface area contributed by atoms with E-state index >= 15 is 0 Å². The fourth-order valence-corrected chi connectivity index (χ4v) is 4.06. The van der Waals surface area contributed by atoms with Crippen LogP contribution < -0.4 is 10.0 Å². The lowest BCUT2D eigenvalue weighted by Gasteiger charge is -2.30. The molecule has 0 spiro atoms. The molecule has 0 saturated carbocycles. The highest BCUT2D eigenvalue weighted by atomic mass is 32.2. The largest absolute Gasteiger partial charge is 0.379 e. The molecular formula is C15H21N3O4S. The van der Waals surface area contributed by atoms with Crippen molar-refractivity contribution in [3.63, 3.8) is 0 Å². The number of carbonyl (C=O) groups is 1. The Morgan fingerprint density at radius 1 is 1.39 bits per heavy atom. The zero-order valence-corrected chi connectivity index (χ0v) is 13.9. The van der Waals surface area contributed by atoms with E-state index in [1.165, 1.54) is 7.05 Å². The maximum Gasteiger partial charge on any atom is 0.318 e. The second-order valence-electron chi connectivity index (χ2n) is 5.78. The average Bonchev–Trinajstić information content (AvgIpc) is 3.06. The highest BCUT2D eigenvalue weighted by Crippen LogP contribution is 2.25. The van der Waals surface area contributed by atoms with Crippen molar-refractivity contribution in [1.82, 2.24) is 14.9 Å². The smallest absolute Gasteiger partial charge is 0.318 e. The molecule has 2 aliphatic heterocycles. The number of fused-ring (bicyclic) bond motifs is 1. The Balaban J connectivity index is 1.76. The van der Waals surface area contributed by atoms with E-state index in [4.69, 9.17) is 4.74 Å². The molecule has 2 N–H and O–H groups in total. The fourth-order valence-electron chi connectivity index (χ4n) is 3.02. The first kappa shape index (κ1) is 16.2. The van der Waals surface area contributed by atoms with Gasteiger partial charge in [-0.2, -0.15) is 0 Å².